The van der Waals surface area contributed by atoms with Crippen molar-refractivity contribution in [2.75, 3.05) is 20.2 Å². The highest BCUT2D eigenvalue weighted by Gasteiger charge is 2.54. The number of nitrogens with one attached hydrogen (secondary N) is 1. The van der Waals surface area contributed by atoms with Gasteiger partial charge in [-0.15, -0.1) is 0 Å². The average Bonchev–Trinajstić information content (AvgIpc) is 3.22. The molecule has 2 aromatic rings. The molecule has 5 fully saturated rings. The van der Waals surface area contributed by atoms with Crippen LogP contribution in [0.4, 0.5) is 0 Å². The van der Waals surface area contributed by atoms with Gasteiger partial charge in [-0.2, -0.15) is 0 Å². The van der Waals surface area contributed by atoms with Gasteiger partial charge >= 0.3 is 0 Å². The molecule has 1 heterocycles. The summed E-state index contributed by atoms with van der Waals surface area (Å²) in [5.74, 6) is 3.50. The Hall–Kier alpha value is -1.59. The van der Waals surface area contributed by atoms with E-state index in [4.69, 9.17) is 4.74 Å². The molecule has 4 nitrogen and oxygen atoms in total. The summed E-state index contributed by atoms with van der Waals surface area (Å²) in [5.41, 5.74) is 1.04. The first-order valence-corrected chi connectivity index (χ1v) is 12.6. The van der Waals surface area contributed by atoms with Crippen molar-refractivity contribution in [3.63, 3.8) is 0 Å². The van der Waals surface area contributed by atoms with Gasteiger partial charge in [0.1, 0.15) is 5.75 Å². The number of nitrogens with zero attached hydrogens (tertiary/aromatic N) is 1. The van der Waals surface area contributed by atoms with E-state index in [9.17, 15) is 4.79 Å². The number of hydrogen-bond donors (Lipinski definition) is 1. The summed E-state index contributed by atoms with van der Waals surface area (Å²) in [5, 5.41) is 5.37. The van der Waals surface area contributed by atoms with Crippen LogP contribution >= 0.6 is 15.9 Å². The molecule has 1 atom stereocenters. The second-order valence-electron chi connectivity index (χ2n) is 10.5. The van der Waals surface area contributed by atoms with Gasteiger partial charge in [-0.1, -0.05) is 40.2 Å². The number of amides is 1. The normalized spacial score (nSPS) is 34.4. The Balaban J connectivity index is 1.20. The van der Waals surface area contributed by atoms with Gasteiger partial charge in [-0.05, 0) is 74.2 Å². The van der Waals surface area contributed by atoms with E-state index in [2.05, 4.69) is 26.1 Å². The lowest BCUT2D eigenvalue weighted by Crippen LogP contribution is -2.59. The van der Waals surface area contributed by atoms with Gasteiger partial charge in [0.2, 0.25) is 0 Å². The first-order valence-electron chi connectivity index (χ1n) is 11.9. The van der Waals surface area contributed by atoms with E-state index in [0.717, 1.165) is 52.5 Å². The minimum Gasteiger partial charge on any atom is -0.495 e. The van der Waals surface area contributed by atoms with Crippen LogP contribution in [0.3, 0.4) is 0 Å². The molecule has 4 saturated carbocycles. The fourth-order valence-electron chi connectivity index (χ4n) is 7.72. The Bertz CT molecular complexity index is 1000. The van der Waals surface area contributed by atoms with E-state index < -0.39 is 0 Å². The van der Waals surface area contributed by atoms with Crippen molar-refractivity contribution in [1.82, 2.24) is 10.2 Å². The van der Waals surface area contributed by atoms with Gasteiger partial charge < -0.3 is 10.1 Å². The van der Waals surface area contributed by atoms with Crippen molar-refractivity contribution < 1.29 is 9.53 Å². The molecule has 2 aromatic carbocycles. The Morgan fingerprint density at radius 1 is 1.10 bits per heavy atom. The molecule has 0 spiro atoms. The molecule has 7 rings (SSSR count). The predicted molar refractivity (Wildman–Crippen MR) is 127 cm³/mol. The summed E-state index contributed by atoms with van der Waals surface area (Å²) in [4.78, 5) is 16.1. The summed E-state index contributed by atoms with van der Waals surface area (Å²) >= 11 is 3.65. The highest BCUT2D eigenvalue weighted by molar-refractivity contribution is 9.10. The van der Waals surface area contributed by atoms with E-state index in [1.165, 1.54) is 38.5 Å². The standard InChI is InChI=1S/C26H31BrN2O2/c1-31-24-21-5-3-2-4-20(21)23(27)11-22(24)25(30)28-19-6-7-29(15-19)26-12-16-8-17(13-26)10-18(9-16)14-26/h2-5,11,16-19H,6-10,12-15H2,1H3,(H,28,30)/t16?,17?,18?,19-,26?/m0/s1. The monoisotopic (exact) mass is 482 g/mol. The second-order valence-corrected chi connectivity index (χ2v) is 11.4. The quantitative estimate of drug-likeness (QED) is 0.635. The van der Waals surface area contributed by atoms with E-state index in [0.29, 0.717) is 16.9 Å². The van der Waals surface area contributed by atoms with Gasteiger partial charge in [0.15, 0.2) is 0 Å². The molecule has 1 amide bonds. The summed E-state index contributed by atoms with van der Waals surface area (Å²) < 4.78 is 6.62. The molecule has 0 aromatic heterocycles. The number of methoxy groups -OCH3 is 1. The second kappa shape index (κ2) is 7.48. The molecule has 1 N–H and O–H groups in total. The molecule has 5 heteroatoms. The fraction of sp³-hybridized carbons (Fsp3) is 0.577. The maximum atomic E-state index is 13.3. The third kappa shape index (κ3) is 3.31. The number of halogens is 1. The van der Waals surface area contributed by atoms with E-state index in [1.807, 2.05) is 30.3 Å². The molecule has 4 aliphatic carbocycles. The largest absolute Gasteiger partial charge is 0.495 e. The van der Waals surface area contributed by atoms with Crippen LogP contribution in [0.5, 0.6) is 5.75 Å². The molecule has 4 bridgehead atoms. The van der Waals surface area contributed by atoms with Crippen molar-refractivity contribution in [3.05, 3.63) is 40.4 Å². The van der Waals surface area contributed by atoms with Crippen molar-refractivity contribution in [2.24, 2.45) is 17.8 Å². The molecule has 1 saturated heterocycles. The summed E-state index contributed by atoms with van der Waals surface area (Å²) in [6.07, 6.45) is 9.66. The lowest BCUT2D eigenvalue weighted by Gasteiger charge is -2.60. The Labute approximate surface area is 192 Å². The molecular weight excluding hydrogens is 452 g/mol. The van der Waals surface area contributed by atoms with Crippen LogP contribution in [0.2, 0.25) is 0 Å². The molecule has 1 aliphatic heterocycles. The highest BCUT2D eigenvalue weighted by atomic mass is 79.9. The minimum absolute atomic E-state index is 0.0272. The smallest absolute Gasteiger partial charge is 0.255 e. The number of benzene rings is 2. The van der Waals surface area contributed by atoms with Gasteiger partial charge in [0.25, 0.3) is 5.91 Å². The molecule has 5 aliphatic rings. The third-order valence-electron chi connectivity index (χ3n) is 8.59. The maximum Gasteiger partial charge on any atom is 0.255 e. The van der Waals surface area contributed by atoms with E-state index in [1.54, 1.807) is 7.11 Å². The van der Waals surface area contributed by atoms with Gasteiger partial charge in [0, 0.05) is 34.5 Å². The Morgan fingerprint density at radius 3 is 2.39 bits per heavy atom. The number of carbonyl (C=O) groups excluding carboxylic acids is 1. The van der Waals surface area contributed by atoms with Gasteiger partial charge in [-0.25, -0.2) is 0 Å². The minimum atomic E-state index is -0.0272. The molecular formula is C26H31BrN2O2. The molecule has 0 radical (unpaired) electrons. The zero-order valence-electron chi connectivity index (χ0n) is 18.2. The van der Waals surface area contributed by atoms with Crippen molar-refractivity contribution in [2.45, 2.75) is 56.5 Å². The van der Waals surface area contributed by atoms with Crippen LogP contribution in [0.15, 0.2) is 34.8 Å². The van der Waals surface area contributed by atoms with Crippen LogP contribution in [0.25, 0.3) is 10.8 Å². The van der Waals surface area contributed by atoms with Crippen molar-refractivity contribution in [3.8, 4) is 5.75 Å². The lowest BCUT2D eigenvalue weighted by molar-refractivity contribution is -0.0807. The number of likely N-dealkylation sites (tertiary alicyclic amines) is 1. The van der Waals surface area contributed by atoms with Crippen LogP contribution in [-0.4, -0.2) is 42.6 Å². The fourth-order valence-corrected chi connectivity index (χ4v) is 8.29. The van der Waals surface area contributed by atoms with Crippen molar-refractivity contribution in [1.29, 1.82) is 0 Å². The number of fused-ring (bicyclic) bond motifs is 1. The number of hydrogen-bond acceptors (Lipinski definition) is 3. The number of carbonyl (C=O) groups is 1. The molecule has 31 heavy (non-hydrogen) atoms. The lowest BCUT2D eigenvalue weighted by atomic mass is 9.52. The average molecular weight is 483 g/mol. The topological polar surface area (TPSA) is 41.6 Å². The van der Waals surface area contributed by atoms with Gasteiger partial charge in [0.05, 0.1) is 12.7 Å². The molecule has 164 valence electrons. The van der Waals surface area contributed by atoms with Crippen molar-refractivity contribution >= 4 is 32.6 Å². The van der Waals surface area contributed by atoms with Gasteiger partial charge in [-0.3, -0.25) is 9.69 Å². The highest BCUT2D eigenvalue weighted by Crippen LogP contribution is 2.58. The third-order valence-corrected chi connectivity index (χ3v) is 9.25. The predicted octanol–water partition coefficient (Wildman–Crippen LogP) is 5.38. The SMILES string of the molecule is COc1c(C(=O)N[C@H]2CCN(C34CC5CC(CC(C5)C3)C4)C2)cc(Br)c2ccccc12. The number of ether oxygens (including phenoxy) is 1. The summed E-state index contributed by atoms with van der Waals surface area (Å²) in [6.45, 7) is 2.12. The van der Waals surface area contributed by atoms with Crippen LogP contribution in [0.1, 0.15) is 55.3 Å². The maximum absolute atomic E-state index is 13.3. The zero-order valence-corrected chi connectivity index (χ0v) is 19.8. The Kier molecular flexibility index (Phi) is 4.84. The molecule has 0 unspecified atom stereocenters. The van der Waals surface area contributed by atoms with Crippen LogP contribution in [0, 0.1) is 17.8 Å². The van der Waals surface area contributed by atoms with Crippen LogP contribution in [-0.2, 0) is 0 Å². The Morgan fingerprint density at radius 2 is 1.74 bits per heavy atom. The first kappa shape index (κ1) is 20.0. The first-order chi connectivity index (χ1) is 15.0. The van der Waals surface area contributed by atoms with Crippen LogP contribution < -0.4 is 10.1 Å². The summed E-state index contributed by atoms with van der Waals surface area (Å²) in [7, 11) is 1.65. The van der Waals surface area contributed by atoms with E-state index >= 15 is 0 Å². The van der Waals surface area contributed by atoms with E-state index in [-0.39, 0.29) is 11.9 Å². The summed E-state index contributed by atoms with van der Waals surface area (Å²) in [6, 6.07) is 10.2. The number of rotatable bonds is 4. The zero-order chi connectivity index (χ0) is 21.2.